The summed E-state index contributed by atoms with van der Waals surface area (Å²) in [6.45, 7) is 0.633. The fourth-order valence-electron chi connectivity index (χ4n) is 1.56. The Kier molecular flexibility index (Phi) is 3.11. The lowest BCUT2D eigenvalue weighted by Gasteiger charge is -2.14. The third kappa shape index (κ3) is 2.42. The van der Waals surface area contributed by atoms with Gasteiger partial charge in [-0.15, -0.1) is 0 Å². The van der Waals surface area contributed by atoms with E-state index >= 15 is 0 Å². The SMILES string of the molecule is COc1cccc(CCN)c1OC1CC1. The van der Waals surface area contributed by atoms with Gasteiger partial charge in [-0.2, -0.15) is 0 Å². The third-order valence-corrected chi connectivity index (χ3v) is 2.50. The molecule has 0 unspecified atom stereocenters. The fraction of sp³-hybridized carbons (Fsp3) is 0.500. The van der Waals surface area contributed by atoms with E-state index in [4.69, 9.17) is 15.2 Å². The lowest BCUT2D eigenvalue weighted by Crippen LogP contribution is -2.07. The van der Waals surface area contributed by atoms with E-state index in [1.54, 1.807) is 7.11 Å². The molecule has 1 saturated carbocycles. The molecular formula is C12H17NO2. The Labute approximate surface area is 90.2 Å². The van der Waals surface area contributed by atoms with Crippen molar-refractivity contribution in [3.05, 3.63) is 23.8 Å². The van der Waals surface area contributed by atoms with Crippen molar-refractivity contribution in [3.8, 4) is 11.5 Å². The van der Waals surface area contributed by atoms with Crippen LogP contribution in [0.2, 0.25) is 0 Å². The predicted octanol–water partition coefficient (Wildman–Crippen LogP) is 1.74. The van der Waals surface area contributed by atoms with Gasteiger partial charge in [0, 0.05) is 0 Å². The van der Waals surface area contributed by atoms with Crippen molar-refractivity contribution in [1.29, 1.82) is 0 Å². The summed E-state index contributed by atoms with van der Waals surface area (Å²) < 4.78 is 11.1. The Morgan fingerprint density at radius 3 is 2.80 bits per heavy atom. The first-order valence-electron chi connectivity index (χ1n) is 5.37. The van der Waals surface area contributed by atoms with Gasteiger partial charge in [0.05, 0.1) is 13.2 Å². The zero-order chi connectivity index (χ0) is 10.7. The highest BCUT2D eigenvalue weighted by atomic mass is 16.5. The van der Waals surface area contributed by atoms with Gasteiger partial charge in [-0.3, -0.25) is 0 Å². The fourth-order valence-corrected chi connectivity index (χ4v) is 1.56. The first kappa shape index (κ1) is 10.3. The minimum absolute atomic E-state index is 0.387. The molecule has 2 rings (SSSR count). The van der Waals surface area contributed by atoms with E-state index in [9.17, 15) is 0 Å². The van der Waals surface area contributed by atoms with Crippen molar-refractivity contribution in [1.82, 2.24) is 0 Å². The Morgan fingerprint density at radius 2 is 2.20 bits per heavy atom. The number of hydrogen-bond donors (Lipinski definition) is 1. The molecule has 3 heteroatoms. The van der Waals surface area contributed by atoms with Gasteiger partial charge in [-0.05, 0) is 37.4 Å². The second-order valence-electron chi connectivity index (χ2n) is 3.80. The maximum absolute atomic E-state index is 5.85. The van der Waals surface area contributed by atoms with Crippen molar-refractivity contribution in [2.45, 2.75) is 25.4 Å². The topological polar surface area (TPSA) is 44.5 Å². The summed E-state index contributed by atoms with van der Waals surface area (Å²) in [5.41, 5.74) is 6.71. The Balaban J connectivity index is 2.25. The van der Waals surface area contributed by atoms with Crippen LogP contribution in [0.3, 0.4) is 0 Å². The van der Waals surface area contributed by atoms with E-state index < -0.39 is 0 Å². The number of ether oxygens (including phenoxy) is 2. The highest BCUT2D eigenvalue weighted by Crippen LogP contribution is 2.36. The molecule has 1 fully saturated rings. The number of rotatable bonds is 5. The van der Waals surface area contributed by atoms with Gasteiger partial charge in [-0.25, -0.2) is 0 Å². The summed E-state index contributed by atoms with van der Waals surface area (Å²) >= 11 is 0. The van der Waals surface area contributed by atoms with Crippen molar-refractivity contribution in [2.24, 2.45) is 5.73 Å². The molecule has 3 nitrogen and oxygen atoms in total. The van der Waals surface area contributed by atoms with Crippen LogP contribution < -0.4 is 15.2 Å². The molecule has 0 aromatic heterocycles. The quantitative estimate of drug-likeness (QED) is 0.799. The van der Waals surface area contributed by atoms with Crippen LogP contribution >= 0.6 is 0 Å². The maximum Gasteiger partial charge on any atom is 0.164 e. The summed E-state index contributed by atoms with van der Waals surface area (Å²) in [7, 11) is 1.67. The van der Waals surface area contributed by atoms with Gasteiger partial charge in [0.25, 0.3) is 0 Å². The second kappa shape index (κ2) is 4.53. The van der Waals surface area contributed by atoms with E-state index in [1.165, 1.54) is 0 Å². The van der Waals surface area contributed by atoms with Crippen LogP contribution in [-0.2, 0) is 6.42 Å². The smallest absolute Gasteiger partial charge is 0.164 e. The van der Waals surface area contributed by atoms with Crippen LogP contribution in [0.15, 0.2) is 18.2 Å². The van der Waals surface area contributed by atoms with Crippen LogP contribution in [0, 0.1) is 0 Å². The Morgan fingerprint density at radius 1 is 1.40 bits per heavy atom. The molecule has 0 amide bonds. The predicted molar refractivity (Wildman–Crippen MR) is 59.4 cm³/mol. The zero-order valence-electron chi connectivity index (χ0n) is 9.03. The van der Waals surface area contributed by atoms with Crippen LogP contribution in [0.25, 0.3) is 0 Å². The molecule has 0 bridgehead atoms. The molecule has 1 aromatic carbocycles. The molecular weight excluding hydrogens is 190 g/mol. The van der Waals surface area contributed by atoms with Crippen LogP contribution in [-0.4, -0.2) is 19.8 Å². The highest BCUT2D eigenvalue weighted by Gasteiger charge is 2.26. The molecule has 15 heavy (non-hydrogen) atoms. The Hall–Kier alpha value is -1.22. The first-order valence-corrected chi connectivity index (χ1v) is 5.37. The van der Waals surface area contributed by atoms with Gasteiger partial charge in [0.2, 0.25) is 0 Å². The molecule has 82 valence electrons. The first-order chi connectivity index (χ1) is 7.35. The minimum Gasteiger partial charge on any atom is -0.493 e. The van der Waals surface area contributed by atoms with Crippen molar-refractivity contribution < 1.29 is 9.47 Å². The number of methoxy groups -OCH3 is 1. The second-order valence-corrected chi connectivity index (χ2v) is 3.80. The number of para-hydroxylation sites is 1. The molecule has 2 N–H and O–H groups in total. The summed E-state index contributed by atoms with van der Waals surface area (Å²) in [6.07, 6.45) is 3.53. The normalized spacial score (nSPS) is 15.1. The summed E-state index contributed by atoms with van der Waals surface area (Å²) in [5.74, 6) is 1.70. The molecule has 0 spiro atoms. The van der Waals surface area contributed by atoms with Gasteiger partial charge >= 0.3 is 0 Å². The minimum atomic E-state index is 0.387. The molecule has 0 radical (unpaired) electrons. The molecule has 0 atom stereocenters. The average Bonchev–Trinajstić information content (AvgIpc) is 3.05. The standard InChI is InChI=1S/C12H17NO2/c1-14-11-4-2-3-9(7-8-13)12(11)15-10-5-6-10/h2-4,10H,5-8,13H2,1H3. The zero-order valence-corrected chi connectivity index (χ0v) is 9.03. The number of benzene rings is 1. The molecule has 0 heterocycles. The molecule has 0 saturated heterocycles. The third-order valence-electron chi connectivity index (χ3n) is 2.50. The van der Waals surface area contributed by atoms with E-state index in [-0.39, 0.29) is 0 Å². The van der Waals surface area contributed by atoms with Crippen LogP contribution in [0.1, 0.15) is 18.4 Å². The van der Waals surface area contributed by atoms with Crippen molar-refractivity contribution in [3.63, 3.8) is 0 Å². The number of nitrogens with two attached hydrogens (primary N) is 1. The lowest BCUT2D eigenvalue weighted by atomic mass is 10.1. The maximum atomic E-state index is 5.85. The van der Waals surface area contributed by atoms with E-state index in [1.807, 2.05) is 18.2 Å². The summed E-state index contributed by atoms with van der Waals surface area (Å²) in [5, 5.41) is 0. The van der Waals surface area contributed by atoms with Gasteiger partial charge in [-0.1, -0.05) is 12.1 Å². The molecule has 0 aliphatic heterocycles. The summed E-state index contributed by atoms with van der Waals surface area (Å²) in [4.78, 5) is 0. The number of hydrogen-bond acceptors (Lipinski definition) is 3. The lowest BCUT2D eigenvalue weighted by molar-refractivity contribution is 0.279. The summed E-state index contributed by atoms with van der Waals surface area (Å²) in [6, 6.07) is 5.95. The van der Waals surface area contributed by atoms with Gasteiger partial charge in [0.15, 0.2) is 11.5 Å². The highest BCUT2D eigenvalue weighted by molar-refractivity contribution is 5.47. The largest absolute Gasteiger partial charge is 0.493 e. The van der Waals surface area contributed by atoms with Crippen molar-refractivity contribution >= 4 is 0 Å². The van der Waals surface area contributed by atoms with E-state index in [2.05, 4.69) is 0 Å². The molecule has 1 aliphatic carbocycles. The molecule has 1 aliphatic rings. The van der Waals surface area contributed by atoms with Crippen LogP contribution in [0.5, 0.6) is 11.5 Å². The average molecular weight is 207 g/mol. The van der Waals surface area contributed by atoms with Crippen LogP contribution in [0.4, 0.5) is 0 Å². The Bertz CT molecular complexity index is 334. The molecule has 1 aromatic rings. The monoisotopic (exact) mass is 207 g/mol. The van der Waals surface area contributed by atoms with E-state index in [0.29, 0.717) is 12.6 Å². The van der Waals surface area contributed by atoms with Crippen molar-refractivity contribution in [2.75, 3.05) is 13.7 Å². The van der Waals surface area contributed by atoms with Gasteiger partial charge in [0.1, 0.15) is 0 Å². The van der Waals surface area contributed by atoms with Gasteiger partial charge < -0.3 is 15.2 Å². The van der Waals surface area contributed by atoms with E-state index in [0.717, 1.165) is 36.3 Å².